The number of allylic oxidation sites excluding steroid dienone is 4. The third-order valence-corrected chi connectivity index (χ3v) is 4.13. The molecule has 0 unspecified atom stereocenters. The van der Waals surface area contributed by atoms with Crippen LogP contribution in [0.5, 0.6) is 0 Å². The average molecular weight is 342 g/mol. The molecule has 126 valence electrons. The second-order valence-electron chi connectivity index (χ2n) is 5.78. The number of oxazole rings is 1. The molecule has 0 aliphatic heterocycles. The first kappa shape index (κ1) is 15.6. The first-order valence-corrected chi connectivity index (χ1v) is 7.80. The van der Waals surface area contributed by atoms with Gasteiger partial charge in [0.15, 0.2) is 5.58 Å². The van der Waals surface area contributed by atoms with Crippen LogP contribution in [0.1, 0.15) is 24.0 Å². The zero-order valence-corrected chi connectivity index (χ0v) is 13.0. The molecule has 25 heavy (non-hydrogen) atoms. The Balaban J connectivity index is 1.83. The van der Waals surface area contributed by atoms with Crippen molar-refractivity contribution in [2.45, 2.75) is 19.0 Å². The number of pyridine rings is 1. The van der Waals surface area contributed by atoms with Crippen LogP contribution in [0, 0.1) is 0 Å². The maximum Gasteiger partial charge on any atom is 0.416 e. The van der Waals surface area contributed by atoms with E-state index in [2.05, 4.69) is 16.0 Å². The van der Waals surface area contributed by atoms with Crippen molar-refractivity contribution in [1.82, 2.24) is 9.97 Å². The summed E-state index contributed by atoms with van der Waals surface area (Å²) in [6.07, 6.45) is 6.82. The van der Waals surface area contributed by atoms with Crippen LogP contribution in [0.3, 0.4) is 0 Å². The largest absolute Gasteiger partial charge is 0.436 e. The van der Waals surface area contributed by atoms with Crippen molar-refractivity contribution in [1.29, 1.82) is 0 Å². The number of hydrogen-bond donors (Lipinski definition) is 0. The molecule has 4 rings (SSSR count). The minimum absolute atomic E-state index is 0.185. The molecule has 0 saturated heterocycles. The number of fused-ring (bicyclic) bond motifs is 1. The second-order valence-corrected chi connectivity index (χ2v) is 5.78. The molecule has 2 heterocycles. The monoisotopic (exact) mass is 342 g/mol. The van der Waals surface area contributed by atoms with Gasteiger partial charge in [-0.1, -0.05) is 18.2 Å². The quantitative estimate of drug-likeness (QED) is 0.605. The summed E-state index contributed by atoms with van der Waals surface area (Å²) < 4.78 is 44.3. The summed E-state index contributed by atoms with van der Waals surface area (Å²) in [5.41, 5.74) is 2.47. The van der Waals surface area contributed by atoms with Crippen LogP contribution in [0.25, 0.3) is 28.1 Å². The topological polar surface area (TPSA) is 38.9 Å². The van der Waals surface area contributed by atoms with E-state index in [1.54, 1.807) is 18.5 Å². The van der Waals surface area contributed by atoms with Crippen molar-refractivity contribution < 1.29 is 17.6 Å². The Bertz CT molecular complexity index is 999. The molecule has 0 atom stereocenters. The summed E-state index contributed by atoms with van der Waals surface area (Å²) in [6.45, 7) is 0. The highest BCUT2D eigenvalue weighted by Gasteiger charge is 2.31. The lowest BCUT2D eigenvalue weighted by Gasteiger charge is -2.11. The van der Waals surface area contributed by atoms with Crippen LogP contribution in [0.2, 0.25) is 0 Å². The highest BCUT2D eigenvalue weighted by Crippen LogP contribution is 2.35. The van der Waals surface area contributed by atoms with Gasteiger partial charge >= 0.3 is 6.18 Å². The summed E-state index contributed by atoms with van der Waals surface area (Å²) >= 11 is 0. The number of alkyl halides is 3. The second kappa shape index (κ2) is 5.88. The van der Waals surface area contributed by atoms with Crippen molar-refractivity contribution in [3.05, 3.63) is 66.0 Å². The SMILES string of the molecule is FC(F)(F)c1ccc2oc(-c3ccncc3C3=CC=CCC3)nc2c1. The zero-order chi connectivity index (χ0) is 17.4. The first-order valence-electron chi connectivity index (χ1n) is 7.80. The lowest BCUT2D eigenvalue weighted by molar-refractivity contribution is -0.137. The minimum Gasteiger partial charge on any atom is -0.436 e. The van der Waals surface area contributed by atoms with Gasteiger partial charge in [-0.25, -0.2) is 4.98 Å². The molecule has 1 aliphatic carbocycles. The summed E-state index contributed by atoms with van der Waals surface area (Å²) in [5, 5.41) is 0. The molecule has 3 nitrogen and oxygen atoms in total. The van der Waals surface area contributed by atoms with Gasteiger partial charge in [-0.3, -0.25) is 4.98 Å². The molecular weight excluding hydrogens is 329 g/mol. The van der Waals surface area contributed by atoms with Crippen LogP contribution in [0.15, 0.2) is 59.3 Å². The van der Waals surface area contributed by atoms with Crippen molar-refractivity contribution in [3.8, 4) is 11.5 Å². The predicted molar refractivity (Wildman–Crippen MR) is 88.6 cm³/mol. The normalized spacial score (nSPS) is 14.8. The smallest absolute Gasteiger partial charge is 0.416 e. The van der Waals surface area contributed by atoms with E-state index in [0.29, 0.717) is 11.5 Å². The third kappa shape index (κ3) is 2.95. The van der Waals surface area contributed by atoms with Crippen molar-refractivity contribution in [2.75, 3.05) is 0 Å². The van der Waals surface area contributed by atoms with Crippen LogP contribution in [-0.2, 0) is 6.18 Å². The number of halogens is 3. The molecule has 1 aliphatic rings. The number of rotatable bonds is 2. The summed E-state index contributed by atoms with van der Waals surface area (Å²) in [6, 6.07) is 5.08. The summed E-state index contributed by atoms with van der Waals surface area (Å²) in [5.74, 6) is 0.294. The van der Waals surface area contributed by atoms with Gasteiger partial charge in [-0.15, -0.1) is 0 Å². The fourth-order valence-corrected chi connectivity index (χ4v) is 2.88. The molecular formula is C19H13F3N2O. The molecule has 0 N–H and O–H groups in total. The van der Waals surface area contributed by atoms with Crippen LogP contribution in [0.4, 0.5) is 13.2 Å². The lowest BCUT2D eigenvalue weighted by atomic mass is 9.95. The highest BCUT2D eigenvalue weighted by atomic mass is 19.4. The number of hydrogen-bond acceptors (Lipinski definition) is 3. The van der Waals surface area contributed by atoms with Gasteiger partial charge in [-0.2, -0.15) is 13.2 Å². The van der Waals surface area contributed by atoms with Gasteiger partial charge in [0.1, 0.15) is 5.52 Å². The van der Waals surface area contributed by atoms with E-state index in [1.807, 2.05) is 12.2 Å². The Hall–Kier alpha value is -2.89. The van der Waals surface area contributed by atoms with Gasteiger partial charge in [0.05, 0.1) is 5.56 Å². The molecule has 0 amide bonds. The Morgan fingerprint density at radius 1 is 1.08 bits per heavy atom. The molecule has 3 aromatic rings. The van der Waals surface area contributed by atoms with Crippen LogP contribution >= 0.6 is 0 Å². The Kier molecular flexibility index (Phi) is 3.67. The Morgan fingerprint density at radius 3 is 2.72 bits per heavy atom. The lowest BCUT2D eigenvalue weighted by Crippen LogP contribution is -2.03. The summed E-state index contributed by atoms with van der Waals surface area (Å²) in [7, 11) is 0. The molecule has 2 aromatic heterocycles. The van der Waals surface area contributed by atoms with Gasteiger partial charge in [0.25, 0.3) is 0 Å². The molecule has 1 aromatic carbocycles. The fourth-order valence-electron chi connectivity index (χ4n) is 2.88. The number of nitrogens with zero attached hydrogens (tertiary/aromatic N) is 2. The van der Waals surface area contributed by atoms with E-state index in [-0.39, 0.29) is 5.52 Å². The van der Waals surface area contributed by atoms with Crippen LogP contribution < -0.4 is 0 Å². The van der Waals surface area contributed by atoms with Crippen molar-refractivity contribution in [3.63, 3.8) is 0 Å². The first-order chi connectivity index (χ1) is 12.0. The minimum atomic E-state index is -4.41. The fraction of sp³-hybridized carbons (Fsp3) is 0.158. The van der Waals surface area contributed by atoms with Crippen LogP contribution in [-0.4, -0.2) is 9.97 Å². The maximum atomic E-state index is 12.9. The van der Waals surface area contributed by atoms with Gasteiger partial charge in [0.2, 0.25) is 5.89 Å². The standard InChI is InChI=1S/C19H13F3N2O/c20-19(21,22)13-6-7-17-16(10-13)24-18(25-17)14-8-9-23-11-15(14)12-4-2-1-3-5-12/h1-2,4,6-11H,3,5H2. The predicted octanol–water partition coefficient (Wildman–Crippen LogP) is 5.64. The maximum absolute atomic E-state index is 12.9. The van der Waals surface area contributed by atoms with Gasteiger partial charge in [-0.05, 0) is 42.7 Å². The molecule has 6 heteroatoms. The van der Waals surface area contributed by atoms with E-state index in [1.165, 1.54) is 6.07 Å². The molecule has 0 saturated carbocycles. The van der Waals surface area contributed by atoms with Gasteiger partial charge < -0.3 is 4.42 Å². The Morgan fingerprint density at radius 2 is 1.96 bits per heavy atom. The van der Waals surface area contributed by atoms with Crippen molar-refractivity contribution in [2.24, 2.45) is 0 Å². The number of aromatic nitrogens is 2. The number of benzene rings is 1. The van der Waals surface area contributed by atoms with Gasteiger partial charge in [0, 0.05) is 23.5 Å². The van der Waals surface area contributed by atoms with E-state index in [4.69, 9.17) is 4.42 Å². The van der Waals surface area contributed by atoms with E-state index in [0.717, 1.165) is 41.7 Å². The zero-order valence-electron chi connectivity index (χ0n) is 13.0. The average Bonchev–Trinajstić information content (AvgIpc) is 3.05. The summed E-state index contributed by atoms with van der Waals surface area (Å²) in [4.78, 5) is 8.44. The van der Waals surface area contributed by atoms with E-state index >= 15 is 0 Å². The highest BCUT2D eigenvalue weighted by molar-refractivity contribution is 5.82. The Labute approximate surface area is 141 Å². The molecule has 0 fully saturated rings. The van der Waals surface area contributed by atoms with E-state index in [9.17, 15) is 13.2 Å². The molecule has 0 spiro atoms. The molecule has 0 radical (unpaired) electrons. The third-order valence-electron chi connectivity index (χ3n) is 4.13. The van der Waals surface area contributed by atoms with E-state index < -0.39 is 11.7 Å². The molecule has 0 bridgehead atoms. The van der Waals surface area contributed by atoms with Crippen molar-refractivity contribution >= 4 is 16.7 Å².